The highest BCUT2D eigenvalue weighted by Gasteiger charge is 2.38. The molecule has 0 spiro atoms. The Kier molecular flexibility index (Phi) is 14.3. The van der Waals surface area contributed by atoms with Crippen LogP contribution in [0.15, 0.2) is 63.3 Å². The number of hydrogen-bond acceptors (Lipinski definition) is 7. The molecule has 16 heteroatoms. The first kappa shape index (κ1) is 40.1. The van der Waals surface area contributed by atoms with Gasteiger partial charge in [-0.1, -0.05) is 55.5 Å². The van der Waals surface area contributed by atoms with Crippen LogP contribution >= 0.6 is 11.8 Å². The molecule has 4 rings (SSSR count). The van der Waals surface area contributed by atoms with Crippen LogP contribution in [-0.4, -0.2) is 73.1 Å². The van der Waals surface area contributed by atoms with Crippen LogP contribution in [0.2, 0.25) is 0 Å². The zero-order valence-corrected chi connectivity index (χ0v) is 28.8. The first-order chi connectivity index (χ1) is 22.9. The predicted octanol–water partition coefficient (Wildman–Crippen LogP) is 7.26. The van der Waals surface area contributed by atoms with E-state index in [2.05, 4.69) is 40.9 Å². The quantitative estimate of drug-likeness (QED) is 0.167. The summed E-state index contributed by atoms with van der Waals surface area (Å²) in [5, 5.41) is 2.49. The summed E-state index contributed by atoms with van der Waals surface area (Å²) in [5.74, 6) is 6.62. The number of likely N-dealkylation sites (tertiary alicyclic amines) is 1. The van der Waals surface area contributed by atoms with Crippen LogP contribution in [0.1, 0.15) is 48.9 Å². The van der Waals surface area contributed by atoms with Crippen molar-refractivity contribution in [3.05, 3.63) is 75.7 Å². The predicted molar refractivity (Wildman–Crippen MR) is 178 cm³/mol. The zero-order chi connectivity index (χ0) is 36.4. The van der Waals surface area contributed by atoms with E-state index in [1.54, 1.807) is 17.0 Å². The van der Waals surface area contributed by atoms with Crippen LogP contribution in [0.5, 0.6) is 0 Å². The molecule has 2 aromatic carbocycles. The molecular weight excluding hydrogens is 695 g/mol. The second kappa shape index (κ2) is 17.5. The molecule has 0 atom stereocenters. The lowest BCUT2D eigenvalue weighted by Gasteiger charge is -2.31. The van der Waals surface area contributed by atoms with Gasteiger partial charge < -0.3 is 5.32 Å². The Morgan fingerprint density at radius 3 is 2.20 bits per heavy atom. The fourth-order valence-corrected chi connectivity index (χ4v) is 6.25. The van der Waals surface area contributed by atoms with Gasteiger partial charge in [-0.15, -0.1) is 0 Å². The smallest absolute Gasteiger partial charge is 0.300 e. The molecular formula is C33H38F6N4O4S2. The number of amides is 1. The van der Waals surface area contributed by atoms with E-state index in [-0.39, 0.29) is 40.8 Å². The van der Waals surface area contributed by atoms with Crippen LogP contribution in [0.4, 0.5) is 31.1 Å². The minimum Gasteiger partial charge on any atom is -0.300 e. The van der Waals surface area contributed by atoms with Crippen molar-refractivity contribution in [2.75, 3.05) is 39.3 Å². The number of nitrogens with one attached hydrogen (secondary N) is 1. The molecule has 2 N–H and O–H groups in total. The summed E-state index contributed by atoms with van der Waals surface area (Å²) >= 11 is 1.05. The summed E-state index contributed by atoms with van der Waals surface area (Å²) in [6.45, 7) is 9.54. The first-order valence-corrected chi connectivity index (χ1v) is 17.6. The van der Waals surface area contributed by atoms with Crippen molar-refractivity contribution < 1.29 is 44.1 Å². The summed E-state index contributed by atoms with van der Waals surface area (Å²) in [4.78, 5) is 21.0. The van der Waals surface area contributed by atoms with Crippen molar-refractivity contribution in [1.82, 2.24) is 15.1 Å². The number of aryl methyl sites for hydroxylation is 1. The van der Waals surface area contributed by atoms with Gasteiger partial charge in [0.15, 0.2) is 0 Å². The van der Waals surface area contributed by atoms with Gasteiger partial charge in [0, 0.05) is 6.54 Å². The number of amidine groups is 1. The van der Waals surface area contributed by atoms with Gasteiger partial charge in [-0.2, -0.15) is 34.8 Å². The van der Waals surface area contributed by atoms with Crippen LogP contribution in [0, 0.1) is 24.7 Å². The van der Waals surface area contributed by atoms with Crippen molar-refractivity contribution in [2.45, 2.75) is 57.4 Å². The van der Waals surface area contributed by atoms with E-state index in [9.17, 15) is 39.6 Å². The van der Waals surface area contributed by atoms with Gasteiger partial charge in [-0.3, -0.25) is 24.1 Å². The third-order valence-electron chi connectivity index (χ3n) is 7.77. The van der Waals surface area contributed by atoms with Crippen molar-refractivity contribution >= 4 is 33.0 Å². The summed E-state index contributed by atoms with van der Waals surface area (Å²) in [6.07, 6.45) is -6.50. The summed E-state index contributed by atoms with van der Waals surface area (Å²) in [5.41, 5.74) is -1.80. The molecule has 2 aliphatic heterocycles. The van der Waals surface area contributed by atoms with E-state index in [1.165, 1.54) is 12.1 Å². The number of halogens is 6. The third kappa shape index (κ3) is 12.8. The van der Waals surface area contributed by atoms with E-state index in [0.29, 0.717) is 49.3 Å². The lowest BCUT2D eigenvalue weighted by molar-refractivity contribution is -0.143. The molecule has 2 aromatic rings. The number of aliphatic imine (C=N–C) groups is 1. The zero-order valence-electron chi connectivity index (χ0n) is 27.2. The number of carbonyl (C=O) groups is 1. The first-order valence-electron chi connectivity index (χ1n) is 15.4. The molecule has 2 fully saturated rings. The van der Waals surface area contributed by atoms with E-state index in [4.69, 9.17) is 4.55 Å². The Bertz CT molecular complexity index is 1670. The second-order valence-electron chi connectivity index (χ2n) is 11.3. The number of nitrogens with zero attached hydrogens (tertiary/aromatic N) is 3. The number of piperidine rings is 1. The Morgan fingerprint density at radius 2 is 1.65 bits per heavy atom. The number of thioether (sulfide) groups is 1. The normalized spacial score (nSPS) is 17.9. The molecule has 0 aliphatic carbocycles. The fraction of sp³-hybridized carbons (Fsp3) is 0.455. The van der Waals surface area contributed by atoms with Gasteiger partial charge in [-0.25, -0.2) is 0 Å². The fourth-order valence-electron chi connectivity index (χ4n) is 4.95. The van der Waals surface area contributed by atoms with Gasteiger partial charge in [-0.05, 0) is 93.5 Å². The molecule has 0 radical (unpaired) electrons. The van der Waals surface area contributed by atoms with E-state index in [0.717, 1.165) is 36.5 Å². The number of allylic oxidation sites excluding steroid dienone is 1. The number of carbonyl (C=O) groups excluding carboxylic acids is 1. The molecule has 0 aromatic heterocycles. The summed E-state index contributed by atoms with van der Waals surface area (Å²) < 4.78 is 109. The lowest BCUT2D eigenvalue weighted by atomic mass is 9.95. The highest BCUT2D eigenvalue weighted by atomic mass is 32.2. The maximum absolute atomic E-state index is 13.5. The standard InChI is InChI=1S/C26H30F6N4OS.C7H8O3S/c1-3-35(4-2)12-6-5-11-33-23-22(38-24(37)34-23)15-18-9-13-36(14-10-18)17-19-7-8-20(25(27,28)29)16-21(19)26(30,31)32;1-6-2-4-7(5-3-6)11(8,9)10/h7-8,15-16,18H,3-4,9-14,17H2,1-2H3,(H,33,34,37);2-5H,1H3,(H,8,9,10)/b22-15-;. The molecule has 49 heavy (non-hydrogen) atoms. The van der Waals surface area contributed by atoms with Crippen molar-refractivity contribution in [2.24, 2.45) is 10.9 Å². The molecule has 2 aliphatic rings. The van der Waals surface area contributed by atoms with Crippen LogP contribution < -0.4 is 5.32 Å². The molecule has 1 amide bonds. The lowest BCUT2D eigenvalue weighted by Crippen LogP contribution is -2.33. The van der Waals surface area contributed by atoms with Crippen molar-refractivity contribution in [3.8, 4) is 11.8 Å². The average Bonchev–Trinajstić information content (AvgIpc) is 3.37. The molecule has 0 saturated carbocycles. The van der Waals surface area contributed by atoms with Crippen LogP contribution in [0.25, 0.3) is 0 Å². The Hall–Kier alpha value is -3.36. The number of benzene rings is 2. The molecule has 8 nitrogen and oxygen atoms in total. The van der Waals surface area contributed by atoms with E-state index >= 15 is 0 Å². The highest BCUT2D eigenvalue weighted by Crippen LogP contribution is 2.38. The monoisotopic (exact) mass is 732 g/mol. The Balaban J connectivity index is 0.000000501. The van der Waals surface area contributed by atoms with Gasteiger partial charge in [0.05, 0.1) is 27.5 Å². The van der Waals surface area contributed by atoms with Crippen molar-refractivity contribution in [1.29, 1.82) is 0 Å². The largest absolute Gasteiger partial charge is 0.416 e. The second-order valence-corrected chi connectivity index (χ2v) is 13.7. The Labute approximate surface area is 286 Å². The summed E-state index contributed by atoms with van der Waals surface area (Å²) in [7, 11) is -4.02. The van der Waals surface area contributed by atoms with Gasteiger partial charge >= 0.3 is 12.4 Å². The molecule has 0 unspecified atom stereocenters. The SMILES string of the molecule is CCN(CC)CC#CCN=C1NC(=O)S/C1=C\C1CCN(Cc2ccc(C(F)(F)F)cc2C(F)(F)F)CC1.Cc1ccc(S(=O)(=O)O)cc1. The maximum Gasteiger partial charge on any atom is 0.416 e. The Morgan fingerprint density at radius 1 is 1.02 bits per heavy atom. The molecule has 0 bridgehead atoms. The van der Waals surface area contributed by atoms with Crippen LogP contribution in [-0.2, 0) is 29.0 Å². The van der Waals surface area contributed by atoms with Crippen LogP contribution in [0.3, 0.4) is 0 Å². The highest BCUT2D eigenvalue weighted by molar-refractivity contribution is 8.18. The van der Waals surface area contributed by atoms with Gasteiger partial charge in [0.2, 0.25) is 0 Å². The minimum absolute atomic E-state index is 0.0666. The number of alkyl halides is 6. The van der Waals surface area contributed by atoms with Crippen molar-refractivity contribution in [3.63, 3.8) is 0 Å². The molecule has 268 valence electrons. The number of rotatable bonds is 8. The topological polar surface area (TPSA) is 102 Å². The summed E-state index contributed by atoms with van der Waals surface area (Å²) in [6, 6.07) is 7.78. The van der Waals surface area contributed by atoms with Gasteiger partial charge in [0.1, 0.15) is 12.4 Å². The number of hydrogen-bond donors (Lipinski definition) is 2. The third-order valence-corrected chi connectivity index (χ3v) is 9.47. The maximum atomic E-state index is 13.5. The molecule has 2 saturated heterocycles. The van der Waals surface area contributed by atoms with Gasteiger partial charge in [0.25, 0.3) is 15.4 Å². The van der Waals surface area contributed by atoms with E-state index in [1.807, 2.05) is 13.0 Å². The molecule has 2 heterocycles. The van der Waals surface area contributed by atoms with E-state index < -0.39 is 33.6 Å². The minimum atomic E-state index is -4.88. The average molecular weight is 733 g/mol.